The first-order valence-corrected chi connectivity index (χ1v) is 5.79. The van der Waals surface area contributed by atoms with E-state index < -0.39 is 0 Å². The summed E-state index contributed by atoms with van der Waals surface area (Å²) >= 11 is 7.46. The molecule has 0 aromatic carbocycles. The highest BCUT2D eigenvalue weighted by atomic mass is 35.5. The van der Waals surface area contributed by atoms with Crippen LogP contribution in [0.1, 0.15) is 19.5 Å². The van der Waals surface area contributed by atoms with Crippen LogP contribution < -0.4 is 5.32 Å². The largest absolute Gasteiger partial charge is 0.357 e. The van der Waals surface area contributed by atoms with Crippen molar-refractivity contribution in [2.75, 3.05) is 11.2 Å². The Bertz CT molecular complexity index is 260. The van der Waals surface area contributed by atoms with Gasteiger partial charge in [0.15, 0.2) is 5.13 Å². The minimum absolute atomic E-state index is 0.312. The van der Waals surface area contributed by atoms with Crippen LogP contribution in [0.15, 0.2) is 5.38 Å². The maximum absolute atomic E-state index is 5.83. The molecule has 0 spiro atoms. The van der Waals surface area contributed by atoms with Crippen LogP contribution in [0.3, 0.4) is 0 Å². The van der Waals surface area contributed by atoms with Crippen LogP contribution in [0.2, 0.25) is 0 Å². The van der Waals surface area contributed by atoms with E-state index in [9.17, 15) is 0 Å². The monoisotopic (exact) mass is 218 g/mol. The number of anilines is 1. The minimum Gasteiger partial charge on any atom is -0.357 e. The standard InChI is InChI=1S/C9H15ClN2S/c1-6(2)8(4-10)12-9-11-7(3)5-13-9/h5-6,8H,4H2,1-3H3,(H,11,12). The van der Waals surface area contributed by atoms with E-state index >= 15 is 0 Å². The number of aryl methyl sites for hydroxylation is 1. The fourth-order valence-electron chi connectivity index (χ4n) is 0.962. The topological polar surface area (TPSA) is 24.9 Å². The van der Waals surface area contributed by atoms with Crippen LogP contribution in [-0.2, 0) is 0 Å². The van der Waals surface area contributed by atoms with Crippen LogP contribution >= 0.6 is 22.9 Å². The fraction of sp³-hybridized carbons (Fsp3) is 0.667. The van der Waals surface area contributed by atoms with Gasteiger partial charge < -0.3 is 5.32 Å². The maximum atomic E-state index is 5.83. The molecular formula is C9H15ClN2S. The molecule has 1 aromatic heterocycles. The van der Waals surface area contributed by atoms with Gasteiger partial charge in [-0.05, 0) is 12.8 Å². The second-order valence-corrected chi connectivity index (χ2v) is 4.61. The van der Waals surface area contributed by atoms with E-state index in [4.69, 9.17) is 11.6 Å². The Morgan fingerprint density at radius 1 is 1.62 bits per heavy atom. The molecule has 0 amide bonds. The quantitative estimate of drug-likeness (QED) is 0.786. The molecule has 13 heavy (non-hydrogen) atoms. The van der Waals surface area contributed by atoms with Gasteiger partial charge in [0.25, 0.3) is 0 Å². The van der Waals surface area contributed by atoms with Crippen molar-refractivity contribution in [1.82, 2.24) is 4.98 Å². The van der Waals surface area contributed by atoms with E-state index in [2.05, 4.69) is 24.1 Å². The zero-order valence-electron chi connectivity index (χ0n) is 8.17. The van der Waals surface area contributed by atoms with Crippen molar-refractivity contribution in [1.29, 1.82) is 0 Å². The number of aromatic nitrogens is 1. The van der Waals surface area contributed by atoms with Crippen LogP contribution in [0.5, 0.6) is 0 Å². The van der Waals surface area contributed by atoms with Crippen molar-refractivity contribution in [3.05, 3.63) is 11.1 Å². The summed E-state index contributed by atoms with van der Waals surface area (Å²) in [4.78, 5) is 4.33. The Hall–Kier alpha value is -0.280. The number of alkyl halides is 1. The molecule has 1 N–H and O–H groups in total. The van der Waals surface area contributed by atoms with E-state index in [1.54, 1.807) is 11.3 Å². The minimum atomic E-state index is 0.312. The normalized spacial score (nSPS) is 13.3. The molecule has 0 aliphatic carbocycles. The third-order valence-electron chi connectivity index (χ3n) is 1.90. The number of nitrogens with one attached hydrogen (secondary N) is 1. The van der Waals surface area contributed by atoms with E-state index in [-0.39, 0.29) is 0 Å². The Morgan fingerprint density at radius 2 is 2.31 bits per heavy atom. The molecule has 1 aromatic rings. The van der Waals surface area contributed by atoms with Crippen molar-refractivity contribution >= 4 is 28.1 Å². The van der Waals surface area contributed by atoms with Crippen LogP contribution in [0.4, 0.5) is 5.13 Å². The molecule has 4 heteroatoms. The Morgan fingerprint density at radius 3 is 2.69 bits per heavy atom. The molecule has 2 nitrogen and oxygen atoms in total. The van der Waals surface area contributed by atoms with Gasteiger partial charge >= 0.3 is 0 Å². The van der Waals surface area contributed by atoms with Gasteiger partial charge in [0.2, 0.25) is 0 Å². The van der Waals surface area contributed by atoms with Crippen LogP contribution in [-0.4, -0.2) is 16.9 Å². The van der Waals surface area contributed by atoms with Crippen molar-refractivity contribution in [2.45, 2.75) is 26.8 Å². The van der Waals surface area contributed by atoms with Crippen molar-refractivity contribution in [2.24, 2.45) is 5.92 Å². The van der Waals surface area contributed by atoms with Gasteiger partial charge in [-0.3, -0.25) is 0 Å². The first-order valence-electron chi connectivity index (χ1n) is 4.38. The lowest BCUT2D eigenvalue weighted by molar-refractivity contribution is 0.564. The second-order valence-electron chi connectivity index (χ2n) is 3.44. The average Bonchev–Trinajstić information content (AvgIpc) is 2.46. The summed E-state index contributed by atoms with van der Waals surface area (Å²) in [5, 5.41) is 6.33. The summed E-state index contributed by atoms with van der Waals surface area (Å²) in [6, 6.07) is 0.312. The lowest BCUT2D eigenvalue weighted by Gasteiger charge is -2.18. The number of hydrogen-bond acceptors (Lipinski definition) is 3. The number of hydrogen-bond donors (Lipinski definition) is 1. The third kappa shape index (κ3) is 3.16. The molecule has 1 heterocycles. The number of rotatable bonds is 4. The lowest BCUT2D eigenvalue weighted by atomic mass is 10.1. The molecule has 0 aliphatic rings. The smallest absolute Gasteiger partial charge is 0.183 e. The Labute approximate surface area is 88.3 Å². The van der Waals surface area contributed by atoms with Gasteiger partial charge in [-0.1, -0.05) is 13.8 Å². The highest BCUT2D eigenvalue weighted by Crippen LogP contribution is 2.18. The summed E-state index contributed by atoms with van der Waals surface area (Å²) in [6.07, 6.45) is 0. The summed E-state index contributed by atoms with van der Waals surface area (Å²) in [5.74, 6) is 1.15. The number of nitrogens with zero attached hydrogens (tertiary/aromatic N) is 1. The molecule has 0 bridgehead atoms. The third-order valence-corrected chi connectivity index (χ3v) is 3.12. The molecule has 0 saturated carbocycles. The predicted octanol–water partition coefficient (Wildman–Crippen LogP) is 3.13. The average molecular weight is 219 g/mol. The Kier molecular flexibility index (Phi) is 4.00. The van der Waals surface area contributed by atoms with Gasteiger partial charge in [-0.15, -0.1) is 22.9 Å². The van der Waals surface area contributed by atoms with Gasteiger partial charge in [0.1, 0.15) is 0 Å². The van der Waals surface area contributed by atoms with E-state index in [1.165, 1.54) is 0 Å². The first-order chi connectivity index (χ1) is 6.13. The summed E-state index contributed by atoms with van der Waals surface area (Å²) < 4.78 is 0. The SMILES string of the molecule is Cc1csc(NC(CCl)C(C)C)n1. The van der Waals surface area contributed by atoms with Gasteiger partial charge in [0.05, 0.1) is 5.69 Å². The maximum Gasteiger partial charge on any atom is 0.183 e. The second kappa shape index (κ2) is 4.82. The van der Waals surface area contributed by atoms with Crippen molar-refractivity contribution in [3.8, 4) is 0 Å². The van der Waals surface area contributed by atoms with Crippen LogP contribution in [0, 0.1) is 12.8 Å². The number of thiazole rings is 1. The molecule has 0 aliphatic heterocycles. The first kappa shape index (κ1) is 10.8. The van der Waals surface area contributed by atoms with E-state index in [0.29, 0.717) is 17.8 Å². The highest BCUT2D eigenvalue weighted by molar-refractivity contribution is 7.13. The summed E-state index contributed by atoms with van der Waals surface area (Å²) in [5.41, 5.74) is 1.06. The zero-order valence-corrected chi connectivity index (χ0v) is 9.75. The van der Waals surface area contributed by atoms with Gasteiger partial charge in [0, 0.05) is 17.3 Å². The number of halogens is 1. The van der Waals surface area contributed by atoms with Crippen LogP contribution in [0.25, 0.3) is 0 Å². The van der Waals surface area contributed by atoms with E-state index in [1.807, 2.05) is 12.3 Å². The van der Waals surface area contributed by atoms with Crippen molar-refractivity contribution in [3.63, 3.8) is 0 Å². The molecule has 1 atom stereocenters. The fourth-order valence-corrected chi connectivity index (χ4v) is 2.15. The molecular weight excluding hydrogens is 204 g/mol. The summed E-state index contributed by atoms with van der Waals surface area (Å²) in [6.45, 7) is 6.30. The van der Waals surface area contributed by atoms with Gasteiger partial charge in [-0.25, -0.2) is 4.98 Å². The molecule has 74 valence electrons. The highest BCUT2D eigenvalue weighted by Gasteiger charge is 2.12. The molecule has 0 radical (unpaired) electrons. The predicted molar refractivity (Wildman–Crippen MR) is 59.8 cm³/mol. The molecule has 1 unspecified atom stereocenters. The summed E-state index contributed by atoms with van der Waals surface area (Å²) in [7, 11) is 0. The van der Waals surface area contributed by atoms with Gasteiger partial charge in [-0.2, -0.15) is 0 Å². The van der Waals surface area contributed by atoms with Crippen molar-refractivity contribution < 1.29 is 0 Å². The molecule has 0 saturated heterocycles. The van der Waals surface area contributed by atoms with E-state index in [0.717, 1.165) is 10.8 Å². The lowest BCUT2D eigenvalue weighted by Crippen LogP contribution is -2.27. The Balaban J connectivity index is 2.56. The molecule has 1 rings (SSSR count). The molecule has 0 fully saturated rings. The zero-order chi connectivity index (χ0) is 9.84.